The van der Waals surface area contributed by atoms with Crippen molar-refractivity contribution >= 4 is 26.6 Å². The van der Waals surface area contributed by atoms with Crippen molar-refractivity contribution in [3.63, 3.8) is 0 Å². The summed E-state index contributed by atoms with van der Waals surface area (Å²) in [4.78, 5) is 4.47. The van der Waals surface area contributed by atoms with Crippen molar-refractivity contribution < 1.29 is 8.42 Å². The van der Waals surface area contributed by atoms with Gasteiger partial charge >= 0.3 is 0 Å². The Morgan fingerprint density at radius 3 is 2.71 bits per heavy atom. The summed E-state index contributed by atoms with van der Waals surface area (Å²) in [5.74, 6) is 0. The molecule has 0 amide bonds. The molecule has 1 aliphatic rings. The quantitative estimate of drug-likeness (QED) is 0.863. The van der Waals surface area contributed by atoms with E-state index in [-0.39, 0.29) is 10.3 Å². The summed E-state index contributed by atoms with van der Waals surface area (Å²) in [6.45, 7) is 5.26. The average molecular weight is 305 g/mol. The highest BCUT2D eigenvalue weighted by Crippen LogP contribution is 2.35. The minimum absolute atomic E-state index is 0.0180. The van der Waals surface area contributed by atoms with Crippen LogP contribution in [-0.2, 0) is 10.0 Å². The Morgan fingerprint density at radius 2 is 2.05 bits per heavy atom. The molecule has 2 heterocycles. The largest absolute Gasteiger partial charge is 0.398 e. The number of pyridine rings is 1. The summed E-state index contributed by atoms with van der Waals surface area (Å²) in [7, 11) is -3.54. The van der Waals surface area contributed by atoms with Crippen LogP contribution in [-0.4, -0.2) is 30.8 Å². The van der Waals surface area contributed by atoms with Crippen LogP contribution in [0.5, 0.6) is 0 Å². The first-order chi connectivity index (χ1) is 9.81. The third kappa shape index (κ3) is 2.38. The van der Waals surface area contributed by atoms with Gasteiger partial charge in [-0.1, -0.05) is 13.8 Å². The fourth-order valence-corrected chi connectivity index (χ4v) is 4.56. The van der Waals surface area contributed by atoms with E-state index in [0.717, 1.165) is 6.42 Å². The Balaban J connectivity index is 2.14. The summed E-state index contributed by atoms with van der Waals surface area (Å²) in [6.07, 6.45) is 2.46. The van der Waals surface area contributed by atoms with Crippen LogP contribution < -0.4 is 5.73 Å². The van der Waals surface area contributed by atoms with Gasteiger partial charge in [0.2, 0.25) is 10.0 Å². The number of nitrogens with two attached hydrogens (primary N) is 1. The van der Waals surface area contributed by atoms with E-state index in [4.69, 9.17) is 5.73 Å². The second kappa shape index (κ2) is 4.68. The third-order valence-corrected chi connectivity index (χ3v) is 5.90. The summed E-state index contributed by atoms with van der Waals surface area (Å²) >= 11 is 0. The van der Waals surface area contributed by atoms with Gasteiger partial charge in [-0.3, -0.25) is 4.98 Å². The number of anilines is 1. The van der Waals surface area contributed by atoms with E-state index in [1.54, 1.807) is 34.8 Å². The van der Waals surface area contributed by atoms with Crippen LogP contribution in [0.4, 0.5) is 5.69 Å². The van der Waals surface area contributed by atoms with Crippen molar-refractivity contribution in [2.75, 3.05) is 18.8 Å². The highest BCUT2D eigenvalue weighted by molar-refractivity contribution is 7.89. The standard InChI is InChI=1S/C15H19N3O2S/c1-15(2)7-9-18(10-15)21(19,20)13-6-5-12(16)11-4-3-8-17-14(11)13/h3-6,8H,7,9-10,16H2,1-2H3. The van der Waals surface area contributed by atoms with Gasteiger partial charge in [-0.25, -0.2) is 8.42 Å². The molecular weight excluding hydrogens is 286 g/mol. The minimum Gasteiger partial charge on any atom is -0.398 e. The molecule has 21 heavy (non-hydrogen) atoms. The van der Waals surface area contributed by atoms with E-state index >= 15 is 0 Å². The van der Waals surface area contributed by atoms with E-state index in [2.05, 4.69) is 18.8 Å². The van der Waals surface area contributed by atoms with Crippen molar-refractivity contribution in [2.45, 2.75) is 25.2 Å². The number of fused-ring (bicyclic) bond motifs is 1. The number of rotatable bonds is 2. The second-order valence-electron chi connectivity index (χ2n) is 6.31. The number of sulfonamides is 1. The molecule has 1 aromatic carbocycles. The maximum absolute atomic E-state index is 12.9. The SMILES string of the molecule is CC1(C)CCN(S(=O)(=O)c2ccc(N)c3cccnc23)C1. The fraction of sp³-hybridized carbons (Fsp3) is 0.400. The Morgan fingerprint density at radius 1 is 1.29 bits per heavy atom. The lowest BCUT2D eigenvalue weighted by atomic mass is 9.93. The minimum atomic E-state index is -3.54. The highest BCUT2D eigenvalue weighted by atomic mass is 32.2. The smallest absolute Gasteiger partial charge is 0.245 e. The third-order valence-electron chi connectivity index (χ3n) is 4.03. The van der Waals surface area contributed by atoms with E-state index < -0.39 is 10.0 Å². The van der Waals surface area contributed by atoms with Gasteiger partial charge in [0.05, 0.1) is 5.52 Å². The molecule has 5 nitrogen and oxygen atoms in total. The van der Waals surface area contributed by atoms with Gasteiger partial charge in [0.25, 0.3) is 0 Å². The summed E-state index contributed by atoms with van der Waals surface area (Å²) in [6, 6.07) is 6.75. The van der Waals surface area contributed by atoms with E-state index in [0.29, 0.717) is 29.7 Å². The number of nitrogens with zero attached hydrogens (tertiary/aromatic N) is 2. The van der Waals surface area contributed by atoms with Gasteiger partial charge < -0.3 is 5.73 Å². The molecule has 0 spiro atoms. The van der Waals surface area contributed by atoms with Crippen molar-refractivity contribution in [2.24, 2.45) is 5.41 Å². The first-order valence-corrected chi connectivity index (χ1v) is 8.39. The van der Waals surface area contributed by atoms with Gasteiger partial charge in [0, 0.05) is 30.4 Å². The van der Waals surface area contributed by atoms with E-state index in [1.165, 1.54) is 0 Å². The maximum Gasteiger partial charge on any atom is 0.245 e. The number of benzene rings is 1. The lowest BCUT2D eigenvalue weighted by Gasteiger charge is -2.20. The highest BCUT2D eigenvalue weighted by Gasteiger charge is 2.37. The van der Waals surface area contributed by atoms with Crippen LogP contribution in [0.1, 0.15) is 20.3 Å². The Kier molecular flexibility index (Phi) is 3.18. The molecule has 0 saturated carbocycles. The molecule has 2 N–H and O–H groups in total. The summed E-state index contributed by atoms with van der Waals surface area (Å²) in [5, 5.41) is 0.678. The number of aromatic nitrogens is 1. The Bertz CT molecular complexity index is 800. The van der Waals surface area contributed by atoms with Crippen LogP contribution >= 0.6 is 0 Å². The van der Waals surface area contributed by atoms with Gasteiger partial charge in [0.1, 0.15) is 4.90 Å². The molecule has 3 rings (SSSR count). The predicted octanol–water partition coefficient (Wildman–Crippen LogP) is 2.24. The van der Waals surface area contributed by atoms with Crippen LogP contribution in [0, 0.1) is 5.41 Å². The van der Waals surface area contributed by atoms with Gasteiger partial charge in [-0.15, -0.1) is 0 Å². The predicted molar refractivity (Wildman–Crippen MR) is 83.3 cm³/mol. The monoisotopic (exact) mass is 305 g/mol. The van der Waals surface area contributed by atoms with E-state index in [9.17, 15) is 8.42 Å². The zero-order valence-corrected chi connectivity index (χ0v) is 13.0. The van der Waals surface area contributed by atoms with Crippen LogP contribution in [0.2, 0.25) is 0 Å². The zero-order valence-electron chi connectivity index (χ0n) is 12.2. The first kappa shape index (κ1) is 14.3. The molecule has 1 fully saturated rings. The molecular formula is C15H19N3O2S. The molecule has 1 saturated heterocycles. The van der Waals surface area contributed by atoms with Crippen molar-refractivity contribution in [1.82, 2.24) is 9.29 Å². The summed E-state index contributed by atoms with van der Waals surface area (Å²) < 4.78 is 27.3. The Labute approximate surface area is 124 Å². The van der Waals surface area contributed by atoms with Gasteiger partial charge in [0.15, 0.2) is 0 Å². The normalized spacial score (nSPS) is 19.1. The number of hydrogen-bond acceptors (Lipinski definition) is 4. The molecule has 0 aliphatic carbocycles. The Hall–Kier alpha value is -1.66. The molecule has 112 valence electrons. The molecule has 0 bridgehead atoms. The van der Waals surface area contributed by atoms with Crippen LogP contribution in [0.3, 0.4) is 0 Å². The molecule has 0 radical (unpaired) electrons. The van der Waals surface area contributed by atoms with Crippen LogP contribution in [0.25, 0.3) is 10.9 Å². The maximum atomic E-state index is 12.9. The topological polar surface area (TPSA) is 76.3 Å². The van der Waals surface area contributed by atoms with Crippen molar-refractivity contribution in [3.05, 3.63) is 30.5 Å². The van der Waals surface area contributed by atoms with Gasteiger partial charge in [-0.05, 0) is 36.1 Å². The summed E-state index contributed by atoms with van der Waals surface area (Å²) in [5.41, 5.74) is 6.92. The molecule has 1 aliphatic heterocycles. The molecule has 0 unspecified atom stereocenters. The van der Waals surface area contributed by atoms with E-state index in [1.807, 2.05) is 0 Å². The lowest BCUT2D eigenvalue weighted by molar-refractivity contribution is 0.375. The van der Waals surface area contributed by atoms with Crippen molar-refractivity contribution in [3.8, 4) is 0 Å². The lowest BCUT2D eigenvalue weighted by Crippen LogP contribution is -2.30. The van der Waals surface area contributed by atoms with Crippen molar-refractivity contribution in [1.29, 1.82) is 0 Å². The number of hydrogen-bond donors (Lipinski definition) is 1. The molecule has 6 heteroatoms. The molecule has 0 atom stereocenters. The zero-order chi connectivity index (χ0) is 15.3. The first-order valence-electron chi connectivity index (χ1n) is 6.95. The number of nitrogen functional groups attached to an aromatic ring is 1. The molecule has 1 aromatic heterocycles. The second-order valence-corrected chi connectivity index (χ2v) is 8.21. The average Bonchev–Trinajstić information content (AvgIpc) is 2.80. The molecule has 2 aromatic rings. The fourth-order valence-electron chi connectivity index (χ4n) is 2.78. The van der Waals surface area contributed by atoms with Gasteiger partial charge in [-0.2, -0.15) is 4.31 Å². The van der Waals surface area contributed by atoms with Crippen LogP contribution in [0.15, 0.2) is 35.4 Å².